The summed E-state index contributed by atoms with van der Waals surface area (Å²) in [7, 11) is 0. The minimum Gasteiger partial charge on any atom is -0.508 e. The molecule has 4 heteroatoms. The number of benzene rings is 1. The summed E-state index contributed by atoms with van der Waals surface area (Å²) < 4.78 is 0. The number of aryl methyl sites for hydroxylation is 1. The van der Waals surface area contributed by atoms with Crippen molar-refractivity contribution in [3.05, 3.63) is 23.8 Å². The van der Waals surface area contributed by atoms with Gasteiger partial charge >= 0.3 is 0 Å². The van der Waals surface area contributed by atoms with Crippen LogP contribution in [0.25, 0.3) is 0 Å². The Labute approximate surface area is 118 Å². The van der Waals surface area contributed by atoms with Gasteiger partial charge in [0.25, 0.3) is 0 Å². The highest BCUT2D eigenvalue weighted by Crippen LogP contribution is 2.47. The van der Waals surface area contributed by atoms with E-state index >= 15 is 0 Å². The summed E-state index contributed by atoms with van der Waals surface area (Å²) in [4.78, 5) is 26.1. The number of amides is 2. The van der Waals surface area contributed by atoms with E-state index < -0.39 is 0 Å². The lowest BCUT2D eigenvalue weighted by Gasteiger charge is -2.37. The first-order valence-electron chi connectivity index (χ1n) is 7.16. The molecule has 1 saturated heterocycles. The Bertz CT molecular complexity index is 553. The van der Waals surface area contributed by atoms with E-state index in [4.69, 9.17) is 0 Å². The summed E-state index contributed by atoms with van der Waals surface area (Å²) in [6, 6.07) is 4.85. The standard InChI is InChI=1S/C16H19NO3/c1-11-8-12(4-5-13(11)18)17-14(19)9-16(10-15(17)20)6-2-3-7-16/h4-5,8,18H,2-3,6-7,9-10H2,1H3. The monoisotopic (exact) mass is 273 g/mol. The third-order valence-electron chi connectivity index (χ3n) is 4.65. The van der Waals surface area contributed by atoms with Crippen molar-refractivity contribution in [2.75, 3.05) is 4.90 Å². The van der Waals surface area contributed by atoms with E-state index in [2.05, 4.69) is 0 Å². The molecule has 106 valence electrons. The second-order valence-corrected chi connectivity index (χ2v) is 6.15. The average molecular weight is 273 g/mol. The summed E-state index contributed by atoms with van der Waals surface area (Å²) in [5.74, 6) is -0.0283. The molecule has 1 aliphatic carbocycles. The van der Waals surface area contributed by atoms with Gasteiger partial charge in [0.05, 0.1) is 5.69 Å². The molecule has 0 aromatic heterocycles. The van der Waals surface area contributed by atoms with E-state index in [0.29, 0.717) is 24.1 Å². The van der Waals surface area contributed by atoms with Gasteiger partial charge in [-0.25, -0.2) is 0 Å². The van der Waals surface area contributed by atoms with Crippen molar-refractivity contribution in [2.24, 2.45) is 5.41 Å². The van der Waals surface area contributed by atoms with Gasteiger partial charge in [-0.05, 0) is 48.9 Å². The van der Waals surface area contributed by atoms with Crippen LogP contribution < -0.4 is 4.90 Å². The molecule has 1 spiro atoms. The zero-order valence-corrected chi connectivity index (χ0v) is 11.7. The van der Waals surface area contributed by atoms with Crippen molar-refractivity contribution in [2.45, 2.75) is 45.4 Å². The number of piperidine rings is 1. The zero-order valence-electron chi connectivity index (χ0n) is 11.7. The van der Waals surface area contributed by atoms with Crippen LogP contribution in [-0.4, -0.2) is 16.9 Å². The number of hydrogen-bond acceptors (Lipinski definition) is 3. The highest BCUT2D eigenvalue weighted by atomic mass is 16.3. The summed E-state index contributed by atoms with van der Waals surface area (Å²) in [6.07, 6.45) is 5.18. The van der Waals surface area contributed by atoms with Crippen LogP contribution in [0.1, 0.15) is 44.1 Å². The van der Waals surface area contributed by atoms with Gasteiger partial charge in [0.1, 0.15) is 5.75 Å². The normalized spacial score (nSPS) is 21.8. The van der Waals surface area contributed by atoms with Crippen LogP contribution in [0, 0.1) is 12.3 Å². The minimum atomic E-state index is -0.103. The van der Waals surface area contributed by atoms with Crippen LogP contribution in [0.4, 0.5) is 5.69 Å². The topological polar surface area (TPSA) is 57.6 Å². The van der Waals surface area contributed by atoms with Crippen LogP contribution in [0.15, 0.2) is 18.2 Å². The zero-order chi connectivity index (χ0) is 14.3. The Balaban J connectivity index is 1.89. The predicted molar refractivity (Wildman–Crippen MR) is 75.5 cm³/mol. The molecule has 1 aromatic carbocycles. The number of carbonyl (C=O) groups is 2. The maximum Gasteiger partial charge on any atom is 0.234 e. The number of carbonyl (C=O) groups excluding carboxylic acids is 2. The molecule has 1 saturated carbocycles. The highest BCUT2D eigenvalue weighted by molar-refractivity contribution is 6.17. The fourth-order valence-corrected chi connectivity index (χ4v) is 3.55. The number of phenols is 1. The first-order chi connectivity index (χ1) is 9.51. The first kappa shape index (κ1) is 13.2. The van der Waals surface area contributed by atoms with Gasteiger partial charge < -0.3 is 5.11 Å². The van der Waals surface area contributed by atoms with Crippen LogP contribution in [0.3, 0.4) is 0 Å². The average Bonchev–Trinajstić information content (AvgIpc) is 2.80. The molecular formula is C16H19NO3. The number of imide groups is 1. The molecule has 3 rings (SSSR count). The maximum atomic E-state index is 12.4. The first-order valence-corrected chi connectivity index (χ1v) is 7.16. The number of aromatic hydroxyl groups is 1. The van der Waals surface area contributed by atoms with Crippen LogP contribution in [0.5, 0.6) is 5.75 Å². The van der Waals surface area contributed by atoms with E-state index in [-0.39, 0.29) is 23.0 Å². The van der Waals surface area contributed by atoms with Crippen molar-refractivity contribution < 1.29 is 14.7 Å². The quantitative estimate of drug-likeness (QED) is 0.800. The Morgan fingerprint density at radius 1 is 1.10 bits per heavy atom. The number of anilines is 1. The molecule has 2 amide bonds. The van der Waals surface area contributed by atoms with Gasteiger partial charge in [-0.3, -0.25) is 14.5 Å². The van der Waals surface area contributed by atoms with E-state index in [1.807, 2.05) is 0 Å². The van der Waals surface area contributed by atoms with Crippen LogP contribution in [-0.2, 0) is 9.59 Å². The van der Waals surface area contributed by atoms with Gasteiger partial charge in [-0.2, -0.15) is 0 Å². The number of hydrogen-bond donors (Lipinski definition) is 1. The van der Waals surface area contributed by atoms with Crippen molar-refractivity contribution in [1.29, 1.82) is 0 Å². The third kappa shape index (κ3) is 2.09. The molecule has 2 aliphatic rings. The lowest BCUT2D eigenvalue weighted by atomic mass is 9.76. The Morgan fingerprint density at radius 3 is 2.25 bits per heavy atom. The van der Waals surface area contributed by atoms with Crippen molar-refractivity contribution in [3.8, 4) is 5.75 Å². The molecular weight excluding hydrogens is 254 g/mol. The summed E-state index contributed by atoms with van der Waals surface area (Å²) in [6.45, 7) is 1.76. The number of rotatable bonds is 1. The molecule has 1 aromatic rings. The van der Waals surface area contributed by atoms with E-state index in [9.17, 15) is 14.7 Å². The SMILES string of the molecule is Cc1cc(N2C(=O)CC3(CCCC3)CC2=O)ccc1O. The van der Waals surface area contributed by atoms with E-state index in [1.165, 1.54) is 11.0 Å². The van der Waals surface area contributed by atoms with Crippen LogP contribution >= 0.6 is 0 Å². The molecule has 20 heavy (non-hydrogen) atoms. The Hall–Kier alpha value is -1.84. The van der Waals surface area contributed by atoms with Gasteiger partial charge in [0.15, 0.2) is 0 Å². The summed E-state index contributed by atoms with van der Waals surface area (Å²) in [5.41, 5.74) is 1.17. The lowest BCUT2D eigenvalue weighted by molar-refractivity contribution is -0.133. The van der Waals surface area contributed by atoms with Gasteiger partial charge in [-0.15, -0.1) is 0 Å². The number of nitrogens with zero attached hydrogens (tertiary/aromatic N) is 1. The van der Waals surface area contributed by atoms with Gasteiger partial charge in [0.2, 0.25) is 11.8 Å². The van der Waals surface area contributed by atoms with E-state index in [1.54, 1.807) is 19.1 Å². The molecule has 0 unspecified atom stereocenters. The highest BCUT2D eigenvalue weighted by Gasteiger charge is 2.45. The molecule has 0 bridgehead atoms. The third-order valence-corrected chi connectivity index (χ3v) is 4.65. The molecule has 1 aliphatic heterocycles. The molecule has 1 heterocycles. The van der Waals surface area contributed by atoms with Crippen LogP contribution in [0.2, 0.25) is 0 Å². The molecule has 0 radical (unpaired) electrons. The predicted octanol–water partition coefficient (Wildman–Crippen LogP) is 2.91. The largest absolute Gasteiger partial charge is 0.508 e. The second kappa shape index (κ2) is 4.62. The van der Waals surface area contributed by atoms with Crippen molar-refractivity contribution >= 4 is 17.5 Å². The minimum absolute atomic E-state index is 0.0728. The molecule has 2 fully saturated rings. The molecule has 4 nitrogen and oxygen atoms in total. The summed E-state index contributed by atoms with van der Waals surface area (Å²) in [5, 5.41) is 9.55. The maximum absolute atomic E-state index is 12.4. The van der Waals surface area contributed by atoms with Gasteiger partial charge in [-0.1, -0.05) is 12.8 Å². The van der Waals surface area contributed by atoms with E-state index in [0.717, 1.165) is 25.7 Å². The summed E-state index contributed by atoms with van der Waals surface area (Å²) >= 11 is 0. The lowest BCUT2D eigenvalue weighted by Crippen LogP contribution is -2.47. The smallest absolute Gasteiger partial charge is 0.234 e. The Morgan fingerprint density at radius 2 is 1.70 bits per heavy atom. The fraction of sp³-hybridized carbons (Fsp3) is 0.500. The molecule has 1 N–H and O–H groups in total. The van der Waals surface area contributed by atoms with Crippen molar-refractivity contribution in [3.63, 3.8) is 0 Å². The number of phenolic OH excluding ortho intramolecular Hbond substituents is 1. The van der Waals surface area contributed by atoms with Crippen molar-refractivity contribution in [1.82, 2.24) is 0 Å². The molecule has 0 atom stereocenters. The fourth-order valence-electron chi connectivity index (χ4n) is 3.55. The Kier molecular flexibility index (Phi) is 3.04. The second-order valence-electron chi connectivity index (χ2n) is 6.15. The van der Waals surface area contributed by atoms with Gasteiger partial charge in [0, 0.05) is 12.8 Å².